The van der Waals surface area contributed by atoms with Crippen molar-refractivity contribution in [2.24, 2.45) is 0 Å². The molecule has 0 saturated carbocycles. The van der Waals surface area contributed by atoms with E-state index >= 15 is 0 Å². The topological polar surface area (TPSA) is 71.1 Å². The molecule has 1 atom stereocenters. The van der Waals surface area contributed by atoms with Crippen LogP contribution in [-0.4, -0.2) is 19.8 Å². The number of hydrogen-bond acceptors (Lipinski definition) is 7. The summed E-state index contributed by atoms with van der Waals surface area (Å²) in [5.74, 6) is 2.03. The number of fused-ring (bicyclic) bond motifs is 1. The van der Waals surface area contributed by atoms with Gasteiger partial charge in [0.2, 0.25) is 0 Å². The van der Waals surface area contributed by atoms with Crippen LogP contribution in [0.5, 0.6) is 0 Å². The molecule has 0 fully saturated rings. The molecule has 0 aliphatic carbocycles. The van der Waals surface area contributed by atoms with Crippen LogP contribution in [0.1, 0.15) is 39.5 Å². The Kier molecular flexibility index (Phi) is 6.88. The van der Waals surface area contributed by atoms with Crippen LogP contribution in [0.2, 0.25) is 0 Å². The highest BCUT2D eigenvalue weighted by Gasteiger charge is 2.33. The van der Waals surface area contributed by atoms with E-state index in [1.807, 2.05) is 6.07 Å². The molecule has 0 N–H and O–H groups in total. The highest BCUT2D eigenvalue weighted by atomic mass is 32.1. The third-order valence-corrected chi connectivity index (χ3v) is 8.59. The maximum atomic E-state index is 12.8. The standard InChI is InChI=1S/C16H24O6P2S/c1-6-19-23(17,20-7-2)10-9-14-11-15-13(5)24(18,21-8-3)22-12(4)16(15)25-14/h9-11H,6-8H2,1-5H3/b10-9-. The fourth-order valence-corrected chi connectivity index (χ4v) is 6.65. The van der Waals surface area contributed by atoms with Crippen molar-refractivity contribution in [1.82, 2.24) is 0 Å². The van der Waals surface area contributed by atoms with Crippen molar-refractivity contribution in [2.75, 3.05) is 19.8 Å². The van der Waals surface area contributed by atoms with E-state index < -0.39 is 15.2 Å². The second kappa shape index (κ2) is 8.34. The molecule has 0 amide bonds. The zero-order valence-electron chi connectivity index (χ0n) is 15.1. The fourth-order valence-electron chi connectivity index (χ4n) is 2.40. The molecule has 25 heavy (non-hydrogen) atoms. The second-order valence-corrected chi connectivity index (χ2v) is 10.3. The Labute approximate surface area is 152 Å². The summed E-state index contributed by atoms with van der Waals surface area (Å²) in [6.07, 6.45) is 1.71. The van der Waals surface area contributed by atoms with Gasteiger partial charge in [0, 0.05) is 15.9 Å². The molecule has 0 aromatic carbocycles. The summed E-state index contributed by atoms with van der Waals surface area (Å²) >= 11 is 1.46. The maximum Gasteiger partial charge on any atom is 0.406 e. The number of thiophene rings is 1. The molecule has 9 heteroatoms. The van der Waals surface area contributed by atoms with Gasteiger partial charge in [-0.1, -0.05) is 0 Å². The van der Waals surface area contributed by atoms with Gasteiger partial charge < -0.3 is 13.6 Å². The SMILES string of the molecule is CCOP(=O)(/C=C\c1cc2c(s1)=C(C)OP(=O)(OCC)C=2C)OCC. The Balaban J connectivity index is 2.47. The molecule has 140 valence electrons. The van der Waals surface area contributed by atoms with Crippen LogP contribution >= 0.6 is 26.5 Å². The Morgan fingerprint density at radius 3 is 2.40 bits per heavy atom. The van der Waals surface area contributed by atoms with Crippen molar-refractivity contribution in [3.05, 3.63) is 26.5 Å². The minimum absolute atomic E-state index is 0.299. The number of rotatable bonds is 8. The summed E-state index contributed by atoms with van der Waals surface area (Å²) < 4.78 is 47.7. The van der Waals surface area contributed by atoms with E-state index in [2.05, 4.69) is 0 Å². The Morgan fingerprint density at radius 1 is 1.20 bits per heavy atom. The summed E-state index contributed by atoms with van der Waals surface area (Å²) in [6, 6.07) is 1.89. The van der Waals surface area contributed by atoms with E-state index in [4.69, 9.17) is 18.1 Å². The minimum atomic E-state index is -3.29. The van der Waals surface area contributed by atoms with E-state index in [1.165, 1.54) is 17.2 Å². The average molecular weight is 406 g/mol. The van der Waals surface area contributed by atoms with Gasteiger partial charge in [-0.15, -0.1) is 11.3 Å². The lowest BCUT2D eigenvalue weighted by Gasteiger charge is -2.21. The molecule has 2 rings (SSSR count). The smallest absolute Gasteiger partial charge is 0.406 e. The summed E-state index contributed by atoms with van der Waals surface area (Å²) in [6.45, 7) is 9.74. The van der Waals surface area contributed by atoms with Crippen LogP contribution < -0.4 is 9.75 Å². The first-order chi connectivity index (χ1) is 11.8. The van der Waals surface area contributed by atoms with Gasteiger partial charge in [-0.25, -0.2) is 4.57 Å². The Hall–Kier alpha value is -0.680. The van der Waals surface area contributed by atoms with Gasteiger partial charge >= 0.3 is 15.2 Å². The van der Waals surface area contributed by atoms with Gasteiger partial charge in [0.15, 0.2) is 0 Å². The molecule has 0 bridgehead atoms. The Morgan fingerprint density at radius 2 is 1.84 bits per heavy atom. The predicted octanol–water partition coefficient (Wildman–Crippen LogP) is 4.50. The van der Waals surface area contributed by atoms with Crippen molar-refractivity contribution < 1.29 is 27.2 Å². The molecule has 6 nitrogen and oxygen atoms in total. The molecule has 1 aliphatic heterocycles. The van der Waals surface area contributed by atoms with E-state index in [1.54, 1.807) is 40.7 Å². The van der Waals surface area contributed by atoms with Gasteiger partial charge in [-0.2, -0.15) is 0 Å². The molecule has 1 unspecified atom stereocenters. The van der Waals surface area contributed by atoms with Crippen molar-refractivity contribution in [3.63, 3.8) is 0 Å². The van der Waals surface area contributed by atoms with Crippen LogP contribution in [0.15, 0.2) is 11.9 Å². The normalized spacial score (nSPS) is 20.8. The van der Waals surface area contributed by atoms with Crippen LogP contribution in [0.3, 0.4) is 0 Å². The van der Waals surface area contributed by atoms with E-state index in [9.17, 15) is 9.13 Å². The fraction of sp³-hybridized carbons (Fsp3) is 0.500. The summed E-state index contributed by atoms with van der Waals surface area (Å²) in [7, 11) is -6.55. The zero-order chi connectivity index (χ0) is 18.7. The predicted molar refractivity (Wildman–Crippen MR) is 102 cm³/mol. The first kappa shape index (κ1) is 20.6. The highest BCUT2D eigenvalue weighted by molar-refractivity contribution is 7.64. The van der Waals surface area contributed by atoms with E-state index in [-0.39, 0.29) is 0 Å². The van der Waals surface area contributed by atoms with Crippen LogP contribution in [-0.2, 0) is 27.2 Å². The first-order valence-electron chi connectivity index (χ1n) is 8.13. The molecular formula is C16H24O6P2S. The first-order valence-corrected chi connectivity index (χ1v) is 12.1. The van der Waals surface area contributed by atoms with Crippen LogP contribution in [0.4, 0.5) is 0 Å². The van der Waals surface area contributed by atoms with Crippen LogP contribution in [0.25, 0.3) is 17.1 Å². The van der Waals surface area contributed by atoms with Gasteiger partial charge in [0.25, 0.3) is 0 Å². The molecule has 1 aromatic rings. The van der Waals surface area contributed by atoms with E-state index in [0.717, 1.165) is 14.6 Å². The van der Waals surface area contributed by atoms with Crippen molar-refractivity contribution in [1.29, 1.82) is 0 Å². The maximum absolute atomic E-state index is 12.8. The van der Waals surface area contributed by atoms with Gasteiger partial charge in [-0.05, 0) is 46.8 Å². The van der Waals surface area contributed by atoms with Crippen molar-refractivity contribution in [3.8, 4) is 0 Å². The lowest BCUT2D eigenvalue weighted by atomic mass is 10.3. The lowest BCUT2D eigenvalue weighted by Crippen LogP contribution is -2.27. The molecule has 0 saturated heterocycles. The zero-order valence-corrected chi connectivity index (χ0v) is 17.7. The summed E-state index contributed by atoms with van der Waals surface area (Å²) in [5.41, 5.74) is 0. The van der Waals surface area contributed by atoms with Gasteiger partial charge in [0.05, 0.1) is 29.7 Å². The quantitative estimate of drug-likeness (QED) is 0.592. The number of hydrogen-bond donors (Lipinski definition) is 0. The third kappa shape index (κ3) is 4.54. The largest absolute Gasteiger partial charge is 0.425 e. The molecule has 0 spiro atoms. The molecule has 1 aliphatic rings. The van der Waals surface area contributed by atoms with Crippen molar-refractivity contribution >= 4 is 43.7 Å². The van der Waals surface area contributed by atoms with Gasteiger partial charge in [-0.3, -0.25) is 9.09 Å². The lowest BCUT2D eigenvalue weighted by molar-refractivity contribution is 0.229. The second-order valence-electron chi connectivity index (χ2n) is 5.23. The molecule has 2 heterocycles. The summed E-state index contributed by atoms with van der Waals surface area (Å²) in [5, 5.41) is 1.43. The van der Waals surface area contributed by atoms with Crippen molar-refractivity contribution in [2.45, 2.75) is 34.6 Å². The summed E-state index contributed by atoms with van der Waals surface area (Å²) in [4.78, 5) is 0.844. The molecule has 0 radical (unpaired) electrons. The average Bonchev–Trinajstić information content (AvgIpc) is 2.97. The van der Waals surface area contributed by atoms with Crippen LogP contribution in [0, 0.1) is 0 Å². The monoisotopic (exact) mass is 406 g/mol. The van der Waals surface area contributed by atoms with Gasteiger partial charge in [0.1, 0.15) is 5.76 Å². The molecular weight excluding hydrogens is 382 g/mol. The molecule has 1 aromatic heterocycles. The highest BCUT2D eigenvalue weighted by Crippen LogP contribution is 2.59. The minimum Gasteiger partial charge on any atom is -0.425 e. The Bertz CT molecular complexity index is 860. The van der Waals surface area contributed by atoms with E-state index in [0.29, 0.717) is 30.9 Å². The third-order valence-electron chi connectivity index (χ3n) is 3.47.